The van der Waals surface area contributed by atoms with E-state index >= 15 is 0 Å². The monoisotopic (exact) mass is 333 g/mol. The standard InChI is InChI=1S/C13H23N3O3S2/c1-6-21(18,19)11-9(14)10(13(17)16(4)5)20-12(11)15-7-8(2)3/h8,15H,6-7,14H2,1-5H3. The maximum absolute atomic E-state index is 12.3. The van der Waals surface area contributed by atoms with Crippen molar-refractivity contribution in [3.05, 3.63) is 4.88 Å². The van der Waals surface area contributed by atoms with Crippen molar-refractivity contribution in [3.8, 4) is 0 Å². The van der Waals surface area contributed by atoms with Gasteiger partial charge in [-0.3, -0.25) is 4.79 Å². The number of thiophene rings is 1. The maximum Gasteiger partial charge on any atom is 0.265 e. The summed E-state index contributed by atoms with van der Waals surface area (Å²) < 4.78 is 24.5. The number of carbonyl (C=O) groups is 1. The minimum Gasteiger partial charge on any atom is -0.396 e. The van der Waals surface area contributed by atoms with E-state index in [0.717, 1.165) is 11.3 Å². The van der Waals surface area contributed by atoms with Gasteiger partial charge in [-0.05, 0) is 5.92 Å². The Hall–Kier alpha value is -1.28. The summed E-state index contributed by atoms with van der Waals surface area (Å²) in [5.41, 5.74) is 6.00. The number of nitrogens with two attached hydrogens (primary N) is 1. The first-order valence-electron chi connectivity index (χ1n) is 6.72. The van der Waals surface area contributed by atoms with Crippen molar-refractivity contribution < 1.29 is 13.2 Å². The molecule has 0 atom stereocenters. The Bertz CT molecular complexity index is 619. The predicted octanol–water partition coefficient (Wildman–Crippen LogP) is 1.89. The first kappa shape index (κ1) is 17.8. The van der Waals surface area contributed by atoms with Crippen LogP contribution in [0.4, 0.5) is 10.7 Å². The van der Waals surface area contributed by atoms with E-state index in [0.29, 0.717) is 17.5 Å². The average molecular weight is 333 g/mol. The number of amides is 1. The van der Waals surface area contributed by atoms with Gasteiger partial charge in [-0.15, -0.1) is 11.3 Å². The van der Waals surface area contributed by atoms with Crippen molar-refractivity contribution in [2.45, 2.75) is 25.7 Å². The number of anilines is 2. The van der Waals surface area contributed by atoms with E-state index < -0.39 is 9.84 Å². The fourth-order valence-corrected chi connectivity index (χ4v) is 4.35. The second-order valence-electron chi connectivity index (χ2n) is 5.38. The quantitative estimate of drug-likeness (QED) is 0.829. The smallest absolute Gasteiger partial charge is 0.265 e. The molecule has 0 radical (unpaired) electrons. The largest absolute Gasteiger partial charge is 0.396 e. The SMILES string of the molecule is CCS(=O)(=O)c1c(NCC(C)C)sc(C(=O)N(C)C)c1N. The highest BCUT2D eigenvalue weighted by molar-refractivity contribution is 7.91. The Morgan fingerprint density at radius 3 is 2.38 bits per heavy atom. The van der Waals surface area contributed by atoms with Crippen molar-refractivity contribution in [3.63, 3.8) is 0 Å². The van der Waals surface area contributed by atoms with E-state index in [2.05, 4.69) is 5.32 Å². The summed E-state index contributed by atoms with van der Waals surface area (Å²) in [6.07, 6.45) is 0. The second kappa shape index (κ2) is 6.65. The molecule has 6 nitrogen and oxygen atoms in total. The van der Waals surface area contributed by atoms with Gasteiger partial charge in [0, 0.05) is 20.6 Å². The van der Waals surface area contributed by atoms with Gasteiger partial charge in [0.25, 0.3) is 5.91 Å². The first-order valence-corrected chi connectivity index (χ1v) is 9.19. The van der Waals surface area contributed by atoms with E-state index in [-0.39, 0.29) is 27.1 Å². The second-order valence-corrected chi connectivity index (χ2v) is 8.62. The number of nitrogens with zero attached hydrogens (tertiary/aromatic N) is 1. The van der Waals surface area contributed by atoms with Crippen molar-refractivity contribution in [1.29, 1.82) is 0 Å². The van der Waals surface area contributed by atoms with Crippen LogP contribution in [0.25, 0.3) is 0 Å². The van der Waals surface area contributed by atoms with Crippen molar-refractivity contribution in [2.24, 2.45) is 5.92 Å². The zero-order valence-electron chi connectivity index (χ0n) is 13.1. The number of rotatable bonds is 6. The highest BCUT2D eigenvalue weighted by Crippen LogP contribution is 2.40. The Balaban J connectivity index is 3.41. The van der Waals surface area contributed by atoms with Crippen LogP contribution in [0.3, 0.4) is 0 Å². The van der Waals surface area contributed by atoms with Gasteiger partial charge >= 0.3 is 0 Å². The number of hydrogen-bond donors (Lipinski definition) is 2. The van der Waals surface area contributed by atoms with Gasteiger partial charge in [0.1, 0.15) is 14.8 Å². The van der Waals surface area contributed by atoms with Crippen LogP contribution in [0.1, 0.15) is 30.4 Å². The minimum absolute atomic E-state index is 0.0480. The van der Waals surface area contributed by atoms with Gasteiger partial charge in [-0.2, -0.15) is 0 Å². The van der Waals surface area contributed by atoms with Crippen LogP contribution in [-0.2, 0) is 9.84 Å². The fraction of sp³-hybridized carbons (Fsp3) is 0.615. The van der Waals surface area contributed by atoms with Crippen molar-refractivity contribution in [2.75, 3.05) is 37.4 Å². The van der Waals surface area contributed by atoms with E-state index in [1.54, 1.807) is 21.0 Å². The topological polar surface area (TPSA) is 92.5 Å². The molecule has 0 aromatic carbocycles. The Morgan fingerprint density at radius 2 is 1.95 bits per heavy atom. The third kappa shape index (κ3) is 3.88. The maximum atomic E-state index is 12.3. The Kier molecular flexibility index (Phi) is 5.63. The van der Waals surface area contributed by atoms with E-state index in [9.17, 15) is 13.2 Å². The summed E-state index contributed by atoms with van der Waals surface area (Å²) >= 11 is 1.10. The molecular weight excluding hydrogens is 310 g/mol. The van der Waals surface area contributed by atoms with E-state index in [4.69, 9.17) is 5.73 Å². The zero-order chi connectivity index (χ0) is 16.4. The lowest BCUT2D eigenvalue weighted by atomic mass is 10.2. The number of carbonyl (C=O) groups excluding carboxylic acids is 1. The number of nitrogen functional groups attached to an aromatic ring is 1. The molecule has 0 aliphatic heterocycles. The van der Waals surface area contributed by atoms with E-state index in [1.807, 2.05) is 13.8 Å². The number of hydrogen-bond acceptors (Lipinski definition) is 6. The van der Waals surface area contributed by atoms with Crippen molar-refractivity contribution >= 4 is 37.8 Å². The lowest BCUT2D eigenvalue weighted by Gasteiger charge is -2.10. The van der Waals surface area contributed by atoms with Gasteiger partial charge in [-0.1, -0.05) is 20.8 Å². The molecule has 0 saturated heterocycles. The van der Waals surface area contributed by atoms with Gasteiger partial charge in [0.2, 0.25) is 0 Å². The number of nitrogens with one attached hydrogen (secondary N) is 1. The normalized spacial score (nSPS) is 11.7. The minimum atomic E-state index is -3.49. The van der Waals surface area contributed by atoms with Gasteiger partial charge in [-0.25, -0.2) is 8.42 Å². The molecule has 0 spiro atoms. The van der Waals surface area contributed by atoms with Gasteiger partial charge in [0.05, 0.1) is 11.4 Å². The number of sulfone groups is 1. The highest BCUT2D eigenvalue weighted by atomic mass is 32.2. The molecule has 0 aliphatic carbocycles. The Labute approximate surface area is 130 Å². The molecule has 8 heteroatoms. The molecule has 1 aromatic rings. The third-order valence-electron chi connectivity index (χ3n) is 2.86. The molecule has 120 valence electrons. The molecule has 0 bridgehead atoms. The average Bonchev–Trinajstić information content (AvgIpc) is 2.72. The van der Waals surface area contributed by atoms with Crippen LogP contribution < -0.4 is 11.1 Å². The summed E-state index contributed by atoms with van der Waals surface area (Å²) in [5, 5.41) is 3.55. The molecule has 0 aliphatic rings. The summed E-state index contributed by atoms with van der Waals surface area (Å²) in [7, 11) is -0.278. The first-order chi connectivity index (χ1) is 9.61. The molecule has 1 aromatic heterocycles. The van der Waals surface area contributed by atoms with Crippen LogP contribution >= 0.6 is 11.3 Å². The fourth-order valence-electron chi connectivity index (χ4n) is 1.66. The molecule has 1 amide bonds. The van der Waals surface area contributed by atoms with Crippen LogP contribution in [0.15, 0.2) is 4.90 Å². The predicted molar refractivity (Wildman–Crippen MR) is 87.8 cm³/mol. The molecule has 0 saturated carbocycles. The van der Waals surface area contributed by atoms with Crippen LogP contribution in [0.5, 0.6) is 0 Å². The molecule has 3 N–H and O–H groups in total. The Morgan fingerprint density at radius 1 is 1.38 bits per heavy atom. The molecule has 1 rings (SSSR count). The van der Waals surface area contributed by atoms with Crippen molar-refractivity contribution in [1.82, 2.24) is 4.90 Å². The molecule has 21 heavy (non-hydrogen) atoms. The summed E-state index contributed by atoms with van der Waals surface area (Å²) in [6, 6.07) is 0. The summed E-state index contributed by atoms with van der Waals surface area (Å²) in [4.78, 5) is 13.8. The summed E-state index contributed by atoms with van der Waals surface area (Å²) in [5.74, 6) is 0.000957. The van der Waals surface area contributed by atoms with E-state index in [1.165, 1.54) is 4.90 Å². The lowest BCUT2D eigenvalue weighted by molar-refractivity contribution is 0.0833. The lowest BCUT2D eigenvalue weighted by Crippen LogP contribution is -2.21. The van der Waals surface area contributed by atoms with Gasteiger partial charge < -0.3 is 16.0 Å². The third-order valence-corrected chi connectivity index (χ3v) is 5.95. The molecule has 0 fully saturated rings. The molecule has 1 heterocycles. The molecule has 0 unspecified atom stereocenters. The highest BCUT2D eigenvalue weighted by Gasteiger charge is 2.29. The zero-order valence-corrected chi connectivity index (χ0v) is 14.7. The summed E-state index contributed by atoms with van der Waals surface area (Å²) in [6.45, 7) is 6.21. The van der Waals surface area contributed by atoms with Crippen LogP contribution in [0.2, 0.25) is 0 Å². The van der Waals surface area contributed by atoms with Crippen LogP contribution in [0, 0.1) is 5.92 Å². The van der Waals surface area contributed by atoms with Crippen LogP contribution in [-0.4, -0.2) is 45.6 Å². The van der Waals surface area contributed by atoms with Gasteiger partial charge in [0.15, 0.2) is 9.84 Å². The molecular formula is C13H23N3O3S2.